The molecule has 43 heavy (non-hydrogen) atoms. The number of carbonyl (C=O) groups is 2. The van der Waals surface area contributed by atoms with E-state index < -0.39 is 17.3 Å². The number of likely N-dealkylation sites (tertiary alicyclic amines) is 1. The second-order valence-electron chi connectivity index (χ2n) is 11.5. The zero-order chi connectivity index (χ0) is 31.1. The predicted octanol–water partition coefficient (Wildman–Crippen LogP) is 7.06. The molecule has 3 aromatic rings. The van der Waals surface area contributed by atoms with Crippen molar-refractivity contribution in [3.05, 3.63) is 69.2 Å². The molecule has 228 valence electrons. The molecule has 1 aromatic heterocycles. The molecule has 0 aliphatic carbocycles. The lowest BCUT2D eigenvalue weighted by atomic mass is 10.0. The molecule has 2 aliphatic heterocycles. The number of halogens is 4. The van der Waals surface area contributed by atoms with E-state index in [1.54, 1.807) is 29.3 Å². The van der Waals surface area contributed by atoms with Crippen LogP contribution in [0.2, 0.25) is 5.02 Å². The number of hydrogen-bond donors (Lipinski definition) is 0. The minimum atomic E-state index is -4.54. The van der Waals surface area contributed by atoms with Crippen LogP contribution in [0.4, 0.5) is 18.0 Å². The van der Waals surface area contributed by atoms with Gasteiger partial charge in [-0.25, -0.2) is 4.79 Å². The molecule has 8 nitrogen and oxygen atoms in total. The molecule has 0 radical (unpaired) electrons. The Kier molecular flexibility index (Phi) is 8.54. The highest BCUT2D eigenvalue weighted by atomic mass is 35.5. The van der Waals surface area contributed by atoms with Crippen LogP contribution >= 0.6 is 23.4 Å². The van der Waals surface area contributed by atoms with E-state index in [0.717, 1.165) is 29.9 Å². The molecule has 1 fully saturated rings. The summed E-state index contributed by atoms with van der Waals surface area (Å²) < 4.78 is 47.7. The van der Waals surface area contributed by atoms with E-state index in [4.69, 9.17) is 16.3 Å². The van der Waals surface area contributed by atoms with Crippen LogP contribution in [0, 0.1) is 0 Å². The third kappa shape index (κ3) is 7.18. The minimum absolute atomic E-state index is 0.0142. The van der Waals surface area contributed by atoms with Crippen LogP contribution in [0.3, 0.4) is 0 Å². The monoisotopic (exact) mass is 633 g/mol. The van der Waals surface area contributed by atoms with Crippen molar-refractivity contribution in [1.82, 2.24) is 19.6 Å². The van der Waals surface area contributed by atoms with Crippen LogP contribution in [-0.4, -0.2) is 68.5 Å². The minimum Gasteiger partial charge on any atom is -0.444 e. The van der Waals surface area contributed by atoms with Crippen molar-refractivity contribution in [2.45, 2.75) is 58.0 Å². The maximum absolute atomic E-state index is 13.6. The number of aliphatic imine (C=N–C) groups is 1. The molecule has 0 N–H and O–H groups in total. The Morgan fingerprint density at radius 1 is 1.16 bits per heavy atom. The highest BCUT2D eigenvalue weighted by Crippen LogP contribution is 2.35. The van der Waals surface area contributed by atoms with E-state index in [1.807, 2.05) is 38.8 Å². The van der Waals surface area contributed by atoms with Gasteiger partial charge in [-0.2, -0.15) is 23.3 Å². The Morgan fingerprint density at radius 3 is 2.56 bits per heavy atom. The van der Waals surface area contributed by atoms with E-state index >= 15 is 0 Å². The second kappa shape index (κ2) is 11.9. The van der Waals surface area contributed by atoms with Crippen LogP contribution < -0.4 is 0 Å². The molecular weight excluding hydrogens is 603 g/mol. The number of benzene rings is 2. The quantitative estimate of drug-likeness (QED) is 0.286. The summed E-state index contributed by atoms with van der Waals surface area (Å²) in [6.45, 7) is 6.56. The smallest absolute Gasteiger partial charge is 0.416 e. The number of fused-ring (bicyclic) bond motifs is 1. The van der Waals surface area contributed by atoms with E-state index in [1.165, 1.54) is 28.6 Å². The van der Waals surface area contributed by atoms with Crippen LogP contribution in [-0.2, 0) is 22.3 Å². The van der Waals surface area contributed by atoms with E-state index in [9.17, 15) is 22.8 Å². The summed E-state index contributed by atoms with van der Waals surface area (Å²) in [7, 11) is 1.90. The average Bonchev–Trinajstić information content (AvgIpc) is 3.50. The van der Waals surface area contributed by atoms with Crippen molar-refractivity contribution >= 4 is 57.5 Å². The molecule has 0 saturated carbocycles. The number of ether oxygens (including phenoxy) is 1. The van der Waals surface area contributed by atoms with E-state index in [-0.39, 0.29) is 35.2 Å². The van der Waals surface area contributed by atoms with Gasteiger partial charge in [0.2, 0.25) is 0 Å². The Bertz CT molecular complexity index is 1620. The first kappa shape index (κ1) is 30.9. The van der Waals surface area contributed by atoms with Crippen molar-refractivity contribution in [3.63, 3.8) is 0 Å². The number of hydrogen-bond acceptors (Lipinski definition) is 6. The van der Waals surface area contributed by atoms with Crippen molar-refractivity contribution in [1.29, 1.82) is 0 Å². The van der Waals surface area contributed by atoms with Gasteiger partial charge in [0.25, 0.3) is 5.91 Å². The molecule has 0 bridgehead atoms. The molecule has 0 atom stereocenters. The first-order chi connectivity index (χ1) is 20.2. The Balaban J connectivity index is 1.24. The summed E-state index contributed by atoms with van der Waals surface area (Å²) in [5, 5.41) is 5.65. The fourth-order valence-corrected chi connectivity index (χ4v) is 6.17. The number of aromatic nitrogens is 2. The summed E-state index contributed by atoms with van der Waals surface area (Å²) >= 11 is 7.11. The van der Waals surface area contributed by atoms with Crippen molar-refractivity contribution in [3.8, 4) is 0 Å². The van der Waals surface area contributed by atoms with Gasteiger partial charge in [-0.05, 0) is 86.8 Å². The lowest BCUT2D eigenvalue weighted by molar-refractivity contribution is -0.138. The Labute approximate surface area is 256 Å². The standard InChI is InChI=1S/C30H31ClF3N5O3S/c1-29(2,3)42-28(41)38-11-9-22(10-12-38)37(4)27-36-26(40)25(43-27)14-18-5-8-24-20(13-18)16-35-39(24)17-19-6-7-21(31)15-23(19)30(32,33)34/h5-8,13-16,22H,9-12,17H2,1-4H3. The van der Waals surface area contributed by atoms with Gasteiger partial charge in [-0.15, -0.1) is 0 Å². The number of amidine groups is 1. The summed E-state index contributed by atoms with van der Waals surface area (Å²) in [4.78, 5) is 33.6. The Morgan fingerprint density at radius 2 is 1.88 bits per heavy atom. The summed E-state index contributed by atoms with van der Waals surface area (Å²) in [5.41, 5.74) is 0.119. The number of thioether (sulfide) groups is 1. The van der Waals surface area contributed by atoms with Gasteiger partial charge < -0.3 is 14.5 Å². The zero-order valence-electron chi connectivity index (χ0n) is 24.1. The topological polar surface area (TPSA) is 80.0 Å². The van der Waals surface area contributed by atoms with Crippen LogP contribution in [0.25, 0.3) is 17.0 Å². The van der Waals surface area contributed by atoms with Crippen LogP contribution in [0.5, 0.6) is 0 Å². The number of rotatable bonds is 4. The van der Waals surface area contributed by atoms with Gasteiger partial charge in [-0.1, -0.05) is 23.7 Å². The lowest BCUT2D eigenvalue weighted by Gasteiger charge is -2.37. The zero-order valence-corrected chi connectivity index (χ0v) is 25.7. The molecule has 0 unspecified atom stereocenters. The van der Waals surface area contributed by atoms with Gasteiger partial charge in [0.1, 0.15) is 5.60 Å². The van der Waals surface area contributed by atoms with Crippen molar-refractivity contribution in [2.24, 2.45) is 4.99 Å². The molecule has 2 amide bonds. The number of nitrogens with zero attached hydrogens (tertiary/aromatic N) is 5. The van der Waals surface area contributed by atoms with Gasteiger partial charge in [0, 0.05) is 36.6 Å². The molecule has 2 aromatic carbocycles. The van der Waals surface area contributed by atoms with Gasteiger partial charge in [-0.3, -0.25) is 9.48 Å². The maximum Gasteiger partial charge on any atom is 0.416 e. The summed E-state index contributed by atoms with van der Waals surface area (Å²) in [6.07, 6.45) is -0.0718. The fraction of sp³-hybridized carbons (Fsp3) is 0.400. The van der Waals surface area contributed by atoms with Gasteiger partial charge in [0.05, 0.1) is 28.7 Å². The van der Waals surface area contributed by atoms with Gasteiger partial charge >= 0.3 is 12.3 Å². The molecule has 13 heteroatoms. The molecular formula is C30H31ClF3N5O3S. The average molecular weight is 634 g/mol. The number of alkyl halides is 3. The molecule has 1 saturated heterocycles. The number of piperidine rings is 1. The highest BCUT2D eigenvalue weighted by molar-refractivity contribution is 8.18. The van der Waals surface area contributed by atoms with E-state index in [2.05, 4.69) is 10.1 Å². The molecule has 0 spiro atoms. The first-order valence-corrected chi connectivity index (χ1v) is 14.9. The third-order valence-corrected chi connectivity index (χ3v) is 8.55. The maximum atomic E-state index is 13.6. The fourth-order valence-electron chi connectivity index (χ4n) is 5.05. The number of carbonyl (C=O) groups excluding carboxylic acids is 2. The Hall–Kier alpha value is -3.51. The molecule has 3 heterocycles. The highest BCUT2D eigenvalue weighted by Gasteiger charge is 2.34. The molecule has 5 rings (SSSR count). The van der Waals surface area contributed by atoms with Crippen molar-refractivity contribution in [2.75, 3.05) is 20.1 Å². The van der Waals surface area contributed by atoms with Crippen LogP contribution in [0.15, 0.2) is 52.5 Å². The summed E-state index contributed by atoms with van der Waals surface area (Å²) in [5.74, 6) is -0.337. The van der Waals surface area contributed by atoms with Gasteiger partial charge in [0.15, 0.2) is 5.17 Å². The SMILES string of the molecule is CN(C1=NC(=O)C(=Cc2ccc3c(cnn3Cc3ccc(Cl)cc3C(F)(F)F)c2)S1)C1CCN(C(=O)OC(C)(C)C)CC1. The number of amides is 2. The van der Waals surface area contributed by atoms with Crippen molar-refractivity contribution < 1.29 is 27.5 Å². The summed E-state index contributed by atoms with van der Waals surface area (Å²) in [6, 6.07) is 9.23. The van der Waals surface area contributed by atoms with E-state index in [0.29, 0.717) is 28.7 Å². The largest absolute Gasteiger partial charge is 0.444 e. The first-order valence-electron chi connectivity index (χ1n) is 13.7. The third-order valence-electron chi connectivity index (χ3n) is 7.24. The second-order valence-corrected chi connectivity index (χ2v) is 13.0. The predicted molar refractivity (Wildman–Crippen MR) is 162 cm³/mol. The molecule has 2 aliphatic rings. The lowest BCUT2D eigenvalue weighted by Crippen LogP contribution is -2.47. The van der Waals surface area contributed by atoms with Crippen LogP contribution in [0.1, 0.15) is 50.3 Å². The normalized spacial score (nSPS) is 17.6.